The maximum atomic E-state index is 12.2. The van der Waals surface area contributed by atoms with Gasteiger partial charge in [-0.1, -0.05) is 12.1 Å². The van der Waals surface area contributed by atoms with Crippen molar-refractivity contribution >= 4 is 5.91 Å². The van der Waals surface area contributed by atoms with Crippen LogP contribution < -0.4 is 15.2 Å². The van der Waals surface area contributed by atoms with Gasteiger partial charge in [0.1, 0.15) is 0 Å². The highest BCUT2D eigenvalue weighted by Gasteiger charge is 2.47. The van der Waals surface area contributed by atoms with Crippen LogP contribution in [0.3, 0.4) is 0 Å². The van der Waals surface area contributed by atoms with Crippen molar-refractivity contribution in [3.05, 3.63) is 23.8 Å². The first-order chi connectivity index (χ1) is 9.67. The second-order valence-electron chi connectivity index (χ2n) is 5.43. The fraction of sp³-hybridized carbons (Fsp3) is 0.533. The average Bonchev–Trinajstić information content (AvgIpc) is 3.23. The highest BCUT2D eigenvalue weighted by molar-refractivity contribution is 5.81. The molecule has 1 aliphatic heterocycles. The number of rotatable bonds is 4. The maximum absolute atomic E-state index is 12.2. The smallest absolute Gasteiger partial charge is 0.225 e. The van der Waals surface area contributed by atoms with Gasteiger partial charge in [-0.3, -0.25) is 4.79 Å². The Hall–Kier alpha value is -1.75. The van der Waals surface area contributed by atoms with Gasteiger partial charge < -0.3 is 20.1 Å². The van der Waals surface area contributed by atoms with Crippen LogP contribution in [0.25, 0.3) is 0 Å². The third-order valence-corrected chi connectivity index (χ3v) is 4.10. The summed E-state index contributed by atoms with van der Waals surface area (Å²) in [7, 11) is 3.23. The zero-order chi connectivity index (χ0) is 14.3. The van der Waals surface area contributed by atoms with Gasteiger partial charge in [0.15, 0.2) is 11.5 Å². The number of benzene rings is 1. The number of hydrogen-bond acceptors (Lipinski definition) is 4. The Morgan fingerprint density at radius 3 is 2.60 bits per heavy atom. The van der Waals surface area contributed by atoms with E-state index >= 15 is 0 Å². The van der Waals surface area contributed by atoms with Crippen LogP contribution in [-0.4, -0.2) is 37.1 Å². The zero-order valence-corrected chi connectivity index (χ0v) is 11.8. The molecular weight excluding hydrogens is 256 g/mol. The van der Waals surface area contributed by atoms with Crippen LogP contribution in [0.5, 0.6) is 11.5 Å². The first kappa shape index (κ1) is 13.2. The summed E-state index contributed by atoms with van der Waals surface area (Å²) in [5.41, 5.74) is 7.16. The van der Waals surface area contributed by atoms with E-state index in [0.717, 1.165) is 18.4 Å². The summed E-state index contributed by atoms with van der Waals surface area (Å²) in [6.45, 7) is 0. The highest BCUT2D eigenvalue weighted by Crippen LogP contribution is 2.45. The Morgan fingerprint density at radius 2 is 2.00 bits per heavy atom. The standard InChI is InChI=1S/C15H20N2O3/c1-19-12-5-3-4-10(15(12)20-2)14-11(16)8-13(18)17(14)9-6-7-9/h3-5,9,11,14H,6-8,16H2,1-2H3. The summed E-state index contributed by atoms with van der Waals surface area (Å²) >= 11 is 0. The number of amides is 1. The van der Waals surface area contributed by atoms with Crippen LogP contribution in [0.2, 0.25) is 0 Å². The van der Waals surface area contributed by atoms with E-state index in [-0.39, 0.29) is 18.0 Å². The molecule has 0 spiro atoms. The summed E-state index contributed by atoms with van der Waals surface area (Å²) in [6.07, 6.45) is 2.55. The number of para-hydroxylation sites is 1. The van der Waals surface area contributed by atoms with E-state index in [1.807, 2.05) is 23.1 Å². The van der Waals surface area contributed by atoms with Crippen LogP contribution in [0.15, 0.2) is 18.2 Å². The molecule has 1 aliphatic carbocycles. The van der Waals surface area contributed by atoms with Crippen molar-refractivity contribution in [1.82, 2.24) is 4.90 Å². The summed E-state index contributed by atoms with van der Waals surface area (Å²) < 4.78 is 10.8. The second-order valence-corrected chi connectivity index (χ2v) is 5.43. The molecule has 5 nitrogen and oxygen atoms in total. The van der Waals surface area contributed by atoms with Crippen molar-refractivity contribution in [2.45, 2.75) is 37.4 Å². The van der Waals surface area contributed by atoms with Gasteiger partial charge in [0.2, 0.25) is 5.91 Å². The van der Waals surface area contributed by atoms with Gasteiger partial charge in [-0.25, -0.2) is 0 Å². The summed E-state index contributed by atoms with van der Waals surface area (Å²) in [6, 6.07) is 5.78. The van der Waals surface area contributed by atoms with Crippen LogP contribution in [0.4, 0.5) is 0 Å². The molecule has 20 heavy (non-hydrogen) atoms. The molecule has 0 bridgehead atoms. The maximum Gasteiger partial charge on any atom is 0.225 e. The molecule has 1 saturated carbocycles. The van der Waals surface area contributed by atoms with E-state index in [0.29, 0.717) is 24.0 Å². The molecule has 2 unspecified atom stereocenters. The molecule has 5 heteroatoms. The minimum Gasteiger partial charge on any atom is -0.493 e. The van der Waals surface area contributed by atoms with Gasteiger partial charge >= 0.3 is 0 Å². The molecule has 108 valence electrons. The topological polar surface area (TPSA) is 64.8 Å². The van der Waals surface area contributed by atoms with E-state index in [9.17, 15) is 4.79 Å². The number of carbonyl (C=O) groups excluding carboxylic acids is 1. The molecule has 2 atom stereocenters. The predicted molar refractivity (Wildman–Crippen MR) is 74.7 cm³/mol. The molecule has 3 rings (SSSR count). The normalized spacial score (nSPS) is 25.9. The summed E-state index contributed by atoms with van der Waals surface area (Å²) in [5, 5.41) is 0. The van der Waals surface area contributed by atoms with Gasteiger partial charge in [0, 0.05) is 24.1 Å². The minimum atomic E-state index is -0.191. The SMILES string of the molecule is COc1cccc(C2C(N)CC(=O)N2C2CC2)c1OC. The number of ether oxygens (including phenoxy) is 2. The van der Waals surface area contributed by atoms with Gasteiger partial charge in [-0.15, -0.1) is 0 Å². The molecular formula is C15H20N2O3. The van der Waals surface area contributed by atoms with E-state index in [2.05, 4.69) is 0 Å². The molecule has 1 saturated heterocycles. The van der Waals surface area contributed by atoms with E-state index < -0.39 is 0 Å². The molecule has 0 aromatic heterocycles. The number of nitrogens with two attached hydrogens (primary N) is 1. The largest absolute Gasteiger partial charge is 0.493 e. The summed E-state index contributed by atoms with van der Waals surface area (Å²) in [5.74, 6) is 1.50. The number of methoxy groups -OCH3 is 2. The Bertz CT molecular complexity index is 528. The van der Waals surface area contributed by atoms with Gasteiger partial charge in [0.25, 0.3) is 0 Å². The predicted octanol–water partition coefficient (Wildman–Crippen LogP) is 1.47. The zero-order valence-electron chi connectivity index (χ0n) is 11.8. The monoisotopic (exact) mass is 276 g/mol. The number of carbonyl (C=O) groups is 1. The molecule has 1 aromatic carbocycles. The molecule has 2 N–H and O–H groups in total. The van der Waals surface area contributed by atoms with Crippen molar-refractivity contribution in [3.63, 3.8) is 0 Å². The molecule has 2 aliphatic rings. The van der Waals surface area contributed by atoms with Crippen molar-refractivity contribution < 1.29 is 14.3 Å². The lowest BCUT2D eigenvalue weighted by molar-refractivity contribution is -0.129. The lowest BCUT2D eigenvalue weighted by Gasteiger charge is -2.29. The van der Waals surface area contributed by atoms with Crippen LogP contribution in [-0.2, 0) is 4.79 Å². The highest BCUT2D eigenvalue weighted by atomic mass is 16.5. The van der Waals surface area contributed by atoms with Gasteiger partial charge in [-0.05, 0) is 18.9 Å². The van der Waals surface area contributed by atoms with Crippen LogP contribution in [0, 0.1) is 0 Å². The molecule has 2 fully saturated rings. The van der Waals surface area contributed by atoms with Crippen LogP contribution >= 0.6 is 0 Å². The lowest BCUT2D eigenvalue weighted by Crippen LogP contribution is -2.34. The lowest BCUT2D eigenvalue weighted by atomic mass is 9.99. The fourth-order valence-electron chi connectivity index (χ4n) is 3.09. The minimum absolute atomic E-state index is 0.111. The molecule has 1 amide bonds. The second kappa shape index (κ2) is 4.98. The summed E-state index contributed by atoms with van der Waals surface area (Å²) in [4.78, 5) is 14.1. The first-order valence-electron chi connectivity index (χ1n) is 6.95. The molecule has 1 heterocycles. The van der Waals surface area contributed by atoms with Crippen molar-refractivity contribution in [1.29, 1.82) is 0 Å². The van der Waals surface area contributed by atoms with E-state index in [4.69, 9.17) is 15.2 Å². The quantitative estimate of drug-likeness (QED) is 0.904. The van der Waals surface area contributed by atoms with Gasteiger partial charge in [0.05, 0.1) is 20.3 Å². The Morgan fingerprint density at radius 1 is 1.25 bits per heavy atom. The third kappa shape index (κ3) is 2.02. The Kier molecular flexibility index (Phi) is 3.30. The molecule has 1 aromatic rings. The van der Waals surface area contributed by atoms with Crippen molar-refractivity contribution in [2.75, 3.05) is 14.2 Å². The fourth-order valence-corrected chi connectivity index (χ4v) is 3.09. The number of hydrogen-bond donors (Lipinski definition) is 1. The van der Waals surface area contributed by atoms with Gasteiger partial charge in [-0.2, -0.15) is 0 Å². The van der Waals surface area contributed by atoms with Crippen LogP contribution in [0.1, 0.15) is 30.9 Å². The average molecular weight is 276 g/mol. The molecule has 0 radical (unpaired) electrons. The van der Waals surface area contributed by atoms with Crippen molar-refractivity contribution in [3.8, 4) is 11.5 Å². The van der Waals surface area contributed by atoms with Crippen molar-refractivity contribution in [2.24, 2.45) is 5.73 Å². The van der Waals surface area contributed by atoms with E-state index in [1.54, 1.807) is 14.2 Å². The third-order valence-electron chi connectivity index (χ3n) is 4.10. The number of nitrogens with zero attached hydrogens (tertiary/aromatic N) is 1. The Labute approximate surface area is 118 Å². The first-order valence-corrected chi connectivity index (χ1v) is 6.95. The van der Waals surface area contributed by atoms with E-state index in [1.165, 1.54) is 0 Å². The number of likely N-dealkylation sites (tertiary alicyclic amines) is 1. The Balaban J connectivity index is 2.04.